The standard InChI is InChI=1S/C16H27NO3/c1-14-6-5-7-16(15(14)2)17(3)8-9-19-12-13-20-11-10-18-4/h5-7H,8-13H2,1-4H3. The maximum atomic E-state index is 5.57. The summed E-state index contributed by atoms with van der Waals surface area (Å²) in [6, 6.07) is 6.38. The largest absolute Gasteiger partial charge is 0.382 e. The summed E-state index contributed by atoms with van der Waals surface area (Å²) in [4.78, 5) is 2.23. The normalized spacial score (nSPS) is 10.8. The third kappa shape index (κ3) is 5.90. The maximum absolute atomic E-state index is 5.57. The first-order valence-corrected chi connectivity index (χ1v) is 7.08. The van der Waals surface area contributed by atoms with Crippen LogP contribution < -0.4 is 4.90 Å². The van der Waals surface area contributed by atoms with Crippen molar-refractivity contribution in [1.82, 2.24) is 0 Å². The van der Waals surface area contributed by atoms with Crippen LogP contribution in [0.5, 0.6) is 0 Å². The molecule has 0 spiro atoms. The Labute approximate surface area is 122 Å². The SMILES string of the molecule is COCCOCCOCCN(C)c1cccc(C)c1C. The molecule has 0 aliphatic carbocycles. The van der Waals surface area contributed by atoms with Crippen LogP contribution in [0, 0.1) is 13.8 Å². The van der Waals surface area contributed by atoms with Crippen LogP contribution in [0.25, 0.3) is 0 Å². The molecule has 1 rings (SSSR count). The molecule has 114 valence electrons. The van der Waals surface area contributed by atoms with Crippen LogP contribution in [-0.2, 0) is 14.2 Å². The van der Waals surface area contributed by atoms with Gasteiger partial charge in [0.15, 0.2) is 0 Å². The highest BCUT2D eigenvalue weighted by atomic mass is 16.5. The van der Waals surface area contributed by atoms with E-state index in [4.69, 9.17) is 14.2 Å². The van der Waals surface area contributed by atoms with E-state index in [1.54, 1.807) is 7.11 Å². The average Bonchev–Trinajstić information content (AvgIpc) is 2.44. The number of nitrogens with zero attached hydrogens (tertiary/aromatic N) is 1. The van der Waals surface area contributed by atoms with Crippen molar-refractivity contribution >= 4 is 5.69 Å². The molecule has 0 atom stereocenters. The highest BCUT2D eigenvalue weighted by molar-refractivity contribution is 5.55. The first-order chi connectivity index (χ1) is 9.66. The van der Waals surface area contributed by atoms with Gasteiger partial charge in [-0.2, -0.15) is 0 Å². The number of ether oxygens (including phenoxy) is 3. The summed E-state index contributed by atoms with van der Waals surface area (Å²) in [5, 5.41) is 0. The third-order valence-corrected chi connectivity index (χ3v) is 3.36. The topological polar surface area (TPSA) is 30.9 Å². The molecule has 4 heteroatoms. The lowest BCUT2D eigenvalue weighted by atomic mass is 10.1. The lowest BCUT2D eigenvalue weighted by molar-refractivity contribution is 0.0266. The van der Waals surface area contributed by atoms with Crippen LogP contribution in [0.15, 0.2) is 18.2 Å². The molecule has 0 saturated carbocycles. The van der Waals surface area contributed by atoms with E-state index in [0.717, 1.165) is 6.54 Å². The summed E-state index contributed by atoms with van der Waals surface area (Å²) in [6.07, 6.45) is 0. The maximum Gasteiger partial charge on any atom is 0.0701 e. The number of aryl methyl sites for hydroxylation is 1. The molecule has 0 bridgehead atoms. The molecule has 0 aromatic heterocycles. The smallest absolute Gasteiger partial charge is 0.0701 e. The second-order valence-corrected chi connectivity index (χ2v) is 4.86. The minimum atomic E-state index is 0.622. The van der Waals surface area contributed by atoms with Gasteiger partial charge in [0, 0.05) is 26.4 Å². The molecule has 0 aliphatic heterocycles. The highest BCUT2D eigenvalue weighted by Crippen LogP contribution is 2.21. The van der Waals surface area contributed by atoms with Gasteiger partial charge in [0.2, 0.25) is 0 Å². The fourth-order valence-electron chi connectivity index (χ4n) is 1.94. The van der Waals surface area contributed by atoms with Crippen molar-refractivity contribution in [3.8, 4) is 0 Å². The molecule has 0 fully saturated rings. The Balaban J connectivity index is 2.17. The van der Waals surface area contributed by atoms with E-state index >= 15 is 0 Å². The molecule has 4 nitrogen and oxygen atoms in total. The van der Waals surface area contributed by atoms with Crippen LogP contribution in [-0.4, -0.2) is 53.7 Å². The van der Waals surface area contributed by atoms with Crippen molar-refractivity contribution in [3.05, 3.63) is 29.3 Å². The molecule has 0 heterocycles. The fourth-order valence-corrected chi connectivity index (χ4v) is 1.94. The summed E-state index contributed by atoms with van der Waals surface area (Å²) >= 11 is 0. The fraction of sp³-hybridized carbons (Fsp3) is 0.625. The molecule has 0 radical (unpaired) electrons. The summed E-state index contributed by atoms with van der Waals surface area (Å²) in [7, 11) is 3.77. The Bertz CT molecular complexity index is 382. The molecule has 0 aliphatic rings. The van der Waals surface area contributed by atoms with Crippen molar-refractivity contribution in [3.63, 3.8) is 0 Å². The van der Waals surface area contributed by atoms with Crippen LogP contribution >= 0.6 is 0 Å². The summed E-state index contributed by atoms with van der Waals surface area (Å²) in [5.41, 5.74) is 3.92. The number of hydrogen-bond donors (Lipinski definition) is 0. The highest BCUT2D eigenvalue weighted by Gasteiger charge is 2.05. The van der Waals surface area contributed by atoms with Gasteiger partial charge in [0.25, 0.3) is 0 Å². The predicted octanol–water partition coefficient (Wildman–Crippen LogP) is 2.42. The number of hydrogen-bond acceptors (Lipinski definition) is 4. The number of anilines is 1. The Kier molecular flexibility index (Phi) is 8.26. The average molecular weight is 281 g/mol. The lowest BCUT2D eigenvalue weighted by Crippen LogP contribution is -2.24. The first-order valence-electron chi connectivity index (χ1n) is 7.08. The van der Waals surface area contributed by atoms with E-state index in [2.05, 4.69) is 44.0 Å². The van der Waals surface area contributed by atoms with Gasteiger partial charge in [-0.05, 0) is 31.0 Å². The molecule has 1 aromatic rings. The summed E-state index contributed by atoms with van der Waals surface area (Å²) in [5.74, 6) is 0. The van der Waals surface area contributed by atoms with Gasteiger partial charge in [-0.25, -0.2) is 0 Å². The van der Waals surface area contributed by atoms with Crippen molar-refractivity contribution in [2.75, 3.05) is 58.6 Å². The Morgan fingerprint density at radius 1 is 0.950 bits per heavy atom. The zero-order valence-corrected chi connectivity index (χ0v) is 13.1. The summed E-state index contributed by atoms with van der Waals surface area (Å²) in [6.45, 7) is 8.39. The second kappa shape index (κ2) is 9.75. The predicted molar refractivity (Wildman–Crippen MR) is 82.7 cm³/mol. The Morgan fingerprint density at radius 2 is 1.60 bits per heavy atom. The molecule has 0 saturated heterocycles. The number of likely N-dealkylation sites (N-methyl/N-ethyl adjacent to an activating group) is 1. The van der Waals surface area contributed by atoms with Crippen molar-refractivity contribution in [2.24, 2.45) is 0 Å². The Morgan fingerprint density at radius 3 is 2.30 bits per heavy atom. The van der Waals surface area contributed by atoms with Crippen molar-refractivity contribution < 1.29 is 14.2 Å². The van der Waals surface area contributed by atoms with Gasteiger partial charge in [0.05, 0.1) is 33.0 Å². The molecular formula is C16H27NO3. The van der Waals surface area contributed by atoms with E-state index < -0.39 is 0 Å². The molecule has 0 amide bonds. The zero-order chi connectivity index (χ0) is 14.8. The van der Waals surface area contributed by atoms with Gasteiger partial charge in [-0.1, -0.05) is 12.1 Å². The van der Waals surface area contributed by atoms with E-state index in [1.165, 1.54) is 16.8 Å². The van der Waals surface area contributed by atoms with Crippen LogP contribution in [0.2, 0.25) is 0 Å². The second-order valence-electron chi connectivity index (χ2n) is 4.86. The molecule has 1 aromatic carbocycles. The van der Waals surface area contributed by atoms with Crippen LogP contribution in [0.4, 0.5) is 5.69 Å². The number of methoxy groups -OCH3 is 1. The van der Waals surface area contributed by atoms with Crippen molar-refractivity contribution in [1.29, 1.82) is 0 Å². The van der Waals surface area contributed by atoms with E-state index in [-0.39, 0.29) is 0 Å². The number of benzene rings is 1. The van der Waals surface area contributed by atoms with E-state index in [0.29, 0.717) is 33.0 Å². The van der Waals surface area contributed by atoms with Crippen LogP contribution in [0.3, 0.4) is 0 Å². The summed E-state index contributed by atoms with van der Waals surface area (Å²) < 4.78 is 15.8. The van der Waals surface area contributed by atoms with Crippen LogP contribution in [0.1, 0.15) is 11.1 Å². The van der Waals surface area contributed by atoms with Gasteiger partial charge in [0.1, 0.15) is 0 Å². The molecule has 20 heavy (non-hydrogen) atoms. The monoisotopic (exact) mass is 281 g/mol. The molecule has 0 unspecified atom stereocenters. The first kappa shape index (κ1) is 17.0. The van der Waals surface area contributed by atoms with Gasteiger partial charge in [-0.3, -0.25) is 0 Å². The van der Waals surface area contributed by atoms with Gasteiger partial charge < -0.3 is 19.1 Å². The van der Waals surface area contributed by atoms with Crippen molar-refractivity contribution in [2.45, 2.75) is 13.8 Å². The lowest BCUT2D eigenvalue weighted by Gasteiger charge is -2.22. The Hall–Kier alpha value is -1.10. The molecular weight excluding hydrogens is 254 g/mol. The number of rotatable bonds is 10. The quantitative estimate of drug-likeness (QED) is 0.616. The minimum absolute atomic E-state index is 0.622. The van der Waals surface area contributed by atoms with Gasteiger partial charge >= 0.3 is 0 Å². The van der Waals surface area contributed by atoms with E-state index in [9.17, 15) is 0 Å². The minimum Gasteiger partial charge on any atom is -0.382 e. The van der Waals surface area contributed by atoms with E-state index in [1.807, 2.05) is 0 Å². The van der Waals surface area contributed by atoms with Gasteiger partial charge in [-0.15, -0.1) is 0 Å². The zero-order valence-electron chi connectivity index (χ0n) is 13.1. The molecule has 0 N–H and O–H groups in total. The third-order valence-electron chi connectivity index (χ3n) is 3.36.